The molecular formula is C26H26Cl2F4N2O2. The van der Waals surface area contributed by atoms with E-state index in [2.05, 4.69) is 0 Å². The summed E-state index contributed by atoms with van der Waals surface area (Å²) in [5, 5.41) is 0.530. The smallest absolute Gasteiger partial charge is 0.382 e. The number of carbonyl (C=O) groups excluding carboxylic acids is 1. The van der Waals surface area contributed by atoms with Crippen LogP contribution in [0.1, 0.15) is 47.7 Å². The van der Waals surface area contributed by atoms with Crippen LogP contribution >= 0.6 is 23.2 Å². The lowest BCUT2D eigenvalue weighted by Crippen LogP contribution is -2.39. The monoisotopic (exact) mass is 544 g/mol. The number of piperidine rings is 1. The van der Waals surface area contributed by atoms with Crippen LogP contribution in [0.25, 0.3) is 10.9 Å². The van der Waals surface area contributed by atoms with Crippen molar-refractivity contribution in [1.29, 1.82) is 0 Å². The number of hydrogen-bond acceptors (Lipinski definition) is 2. The second-order valence-electron chi connectivity index (χ2n) is 9.24. The van der Waals surface area contributed by atoms with E-state index in [1.54, 1.807) is 24.1 Å². The van der Waals surface area contributed by atoms with Crippen molar-refractivity contribution in [3.8, 4) is 0 Å². The largest absolute Gasteiger partial charge is 0.416 e. The van der Waals surface area contributed by atoms with Gasteiger partial charge < -0.3 is 14.2 Å². The number of nitrogens with zero attached hydrogens (tertiary/aromatic N) is 2. The Morgan fingerprint density at radius 2 is 1.86 bits per heavy atom. The van der Waals surface area contributed by atoms with Gasteiger partial charge in [0.05, 0.1) is 34.3 Å². The standard InChI is InChI=1S/C26H26Cl2F4N2O2/c1-15(36-2)11-16-5-8-33(9-6-16)25(35)19-3-4-21(27)20(23(19)28)14-34-10-7-17-12-18(26(30,31)32)13-22(29)24(17)34/h3-4,7,10,12-13,15-16H,5-6,8-9,11,14H2,1-2H3. The van der Waals surface area contributed by atoms with Gasteiger partial charge in [0.25, 0.3) is 5.91 Å². The number of aromatic nitrogens is 1. The summed E-state index contributed by atoms with van der Waals surface area (Å²) >= 11 is 13.0. The number of methoxy groups -OCH3 is 1. The molecule has 4 nitrogen and oxygen atoms in total. The summed E-state index contributed by atoms with van der Waals surface area (Å²) in [5.74, 6) is -0.737. The Balaban J connectivity index is 1.57. The quantitative estimate of drug-likeness (QED) is 0.302. The number of benzene rings is 2. The molecule has 1 aliphatic rings. The minimum Gasteiger partial charge on any atom is -0.382 e. The van der Waals surface area contributed by atoms with Crippen molar-refractivity contribution in [3.63, 3.8) is 0 Å². The van der Waals surface area contributed by atoms with E-state index in [-0.39, 0.29) is 45.1 Å². The van der Waals surface area contributed by atoms with Gasteiger partial charge in [-0.15, -0.1) is 0 Å². The Morgan fingerprint density at radius 1 is 1.17 bits per heavy atom. The molecule has 1 unspecified atom stereocenters. The first kappa shape index (κ1) is 26.8. The molecule has 1 amide bonds. The van der Waals surface area contributed by atoms with E-state index in [1.165, 1.54) is 16.8 Å². The zero-order valence-corrected chi connectivity index (χ0v) is 21.4. The molecule has 1 saturated heterocycles. The molecule has 0 N–H and O–H groups in total. The Labute approximate surface area is 216 Å². The van der Waals surface area contributed by atoms with Crippen molar-refractivity contribution in [2.75, 3.05) is 20.2 Å². The lowest BCUT2D eigenvalue weighted by molar-refractivity contribution is -0.137. The van der Waals surface area contributed by atoms with Crippen LogP contribution in [0.15, 0.2) is 36.5 Å². The Hall–Kier alpha value is -2.29. The highest BCUT2D eigenvalue weighted by molar-refractivity contribution is 6.38. The molecule has 10 heteroatoms. The Kier molecular flexibility index (Phi) is 7.88. The molecule has 2 aromatic carbocycles. The fourth-order valence-electron chi connectivity index (χ4n) is 4.78. The molecule has 4 rings (SSSR count). The fraction of sp³-hybridized carbons (Fsp3) is 0.423. The average Bonchev–Trinajstić information content (AvgIpc) is 3.24. The molecule has 0 spiro atoms. The molecule has 0 saturated carbocycles. The van der Waals surface area contributed by atoms with Crippen molar-refractivity contribution in [1.82, 2.24) is 9.47 Å². The van der Waals surface area contributed by atoms with Crippen LogP contribution in [-0.4, -0.2) is 41.7 Å². The lowest BCUT2D eigenvalue weighted by atomic mass is 9.91. The number of rotatable bonds is 6. The third kappa shape index (κ3) is 5.50. The molecule has 0 aliphatic carbocycles. The number of alkyl halides is 3. The van der Waals surface area contributed by atoms with Crippen LogP contribution in [0.4, 0.5) is 17.6 Å². The SMILES string of the molecule is COC(C)CC1CCN(C(=O)c2ccc(Cl)c(Cn3ccc4cc(C(F)(F)F)cc(F)c43)c2Cl)CC1. The summed E-state index contributed by atoms with van der Waals surface area (Å²) in [7, 11) is 1.69. The summed E-state index contributed by atoms with van der Waals surface area (Å²) < 4.78 is 60.7. The highest BCUT2D eigenvalue weighted by Gasteiger charge is 2.32. The molecule has 2 heterocycles. The van der Waals surface area contributed by atoms with Crippen molar-refractivity contribution < 1.29 is 27.1 Å². The maximum atomic E-state index is 14.7. The van der Waals surface area contributed by atoms with Crippen molar-refractivity contribution in [3.05, 3.63) is 69.1 Å². The number of fused-ring (bicyclic) bond motifs is 1. The summed E-state index contributed by atoms with van der Waals surface area (Å²) in [6.45, 7) is 3.22. The number of hydrogen-bond donors (Lipinski definition) is 0. The molecule has 36 heavy (non-hydrogen) atoms. The van der Waals surface area contributed by atoms with Crippen molar-refractivity contribution >= 4 is 40.0 Å². The Morgan fingerprint density at radius 3 is 2.50 bits per heavy atom. The summed E-state index contributed by atoms with van der Waals surface area (Å²) in [6, 6.07) is 5.90. The van der Waals surface area contributed by atoms with Gasteiger partial charge in [-0.3, -0.25) is 4.79 Å². The highest BCUT2D eigenvalue weighted by atomic mass is 35.5. The van der Waals surface area contributed by atoms with Crippen LogP contribution in [0.5, 0.6) is 0 Å². The normalized spacial score (nSPS) is 16.1. The van der Waals surface area contributed by atoms with Crippen LogP contribution in [0.2, 0.25) is 10.0 Å². The first-order valence-electron chi connectivity index (χ1n) is 11.6. The Bertz CT molecular complexity index is 1270. The molecule has 194 valence electrons. The number of amides is 1. The van der Waals surface area contributed by atoms with Gasteiger partial charge in [-0.25, -0.2) is 4.39 Å². The third-order valence-corrected chi connectivity index (χ3v) is 7.64. The van der Waals surface area contributed by atoms with Crippen LogP contribution in [0.3, 0.4) is 0 Å². The van der Waals surface area contributed by atoms with E-state index in [9.17, 15) is 22.4 Å². The second-order valence-corrected chi connectivity index (χ2v) is 10.0. The topological polar surface area (TPSA) is 34.5 Å². The summed E-state index contributed by atoms with van der Waals surface area (Å²) in [6.07, 6.45) is -0.343. The predicted octanol–water partition coefficient (Wildman–Crippen LogP) is 7.43. The lowest BCUT2D eigenvalue weighted by Gasteiger charge is -2.33. The van der Waals surface area contributed by atoms with Gasteiger partial charge >= 0.3 is 6.18 Å². The number of likely N-dealkylation sites (tertiary alicyclic amines) is 1. The zero-order valence-electron chi connectivity index (χ0n) is 19.8. The van der Waals surface area contributed by atoms with Gasteiger partial charge in [-0.1, -0.05) is 23.2 Å². The van der Waals surface area contributed by atoms with Crippen LogP contribution in [-0.2, 0) is 17.5 Å². The van der Waals surface area contributed by atoms with E-state index in [4.69, 9.17) is 27.9 Å². The van der Waals surface area contributed by atoms with E-state index in [0.29, 0.717) is 30.6 Å². The van der Waals surface area contributed by atoms with Gasteiger partial charge in [0.1, 0.15) is 5.82 Å². The third-order valence-electron chi connectivity index (χ3n) is 6.86. The minimum atomic E-state index is -4.66. The summed E-state index contributed by atoms with van der Waals surface area (Å²) in [5.41, 5.74) is -0.380. The molecular weight excluding hydrogens is 519 g/mol. The van der Waals surface area contributed by atoms with Crippen LogP contribution < -0.4 is 0 Å². The first-order valence-corrected chi connectivity index (χ1v) is 12.4. The van der Waals surface area contributed by atoms with E-state index >= 15 is 0 Å². The molecule has 1 atom stereocenters. The summed E-state index contributed by atoms with van der Waals surface area (Å²) in [4.78, 5) is 15.0. The van der Waals surface area contributed by atoms with Gasteiger partial charge in [-0.05, 0) is 62.4 Å². The zero-order chi connectivity index (χ0) is 26.2. The minimum absolute atomic E-state index is 0.000720. The molecule has 3 aromatic rings. The first-order chi connectivity index (χ1) is 17.0. The molecule has 1 fully saturated rings. The molecule has 0 bridgehead atoms. The van der Waals surface area contributed by atoms with Gasteiger partial charge in [-0.2, -0.15) is 13.2 Å². The van der Waals surface area contributed by atoms with Crippen molar-refractivity contribution in [2.45, 2.75) is 45.0 Å². The maximum Gasteiger partial charge on any atom is 0.416 e. The van der Waals surface area contributed by atoms with Gasteiger partial charge in [0, 0.05) is 42.4 Å². The van der Waals surface area contributed by atoms with Crippen LogP contribution in [0, 0.1) is 11.7 Å². The van der Waals surface area contributed by atoms with E-state index in [0.717, 1.165) is 25.3 Å². The number of halogens is 6. The number of ether oxygens (including phenoxy) is 1. The predicted molar refractivity (Wildman–Crippen MR) is 132 cm³/mol. The van der Waals surface area contributed by atoms with E-state index < -0.39 is 17.6 Å². The fourth-order valence-corrected chi connectivity index (χ4v) is 5.35. The van der Waals surface area contributed by atoms with Gasteiger partial charge in [0.2, 0.25) is 0 Å². The molecule has 1 aliphatic heterocycles. The number of carbonyl (C=O) groups is 1. The average molecular weight is 545 g/mol. The maximum absolute atomic E-state index is 14.7. The molecule has 0 radical (unpaired) electrons. The molecule has 1 aromatic heterocycles. The van der Waals surface area contributed by atoms with Crippen molar-refractivity contribution in [2.24, 2.45) is 5.92 Å². The second kappa shape index (κ2) is 10.6. The highest BCUT2D eigenvalue weighted by Crippen LogP contribution is 2.35. The van der Waals surface area contributed by atoms with E-state index in [1.807, 2.05) is 6.92 Å². The van der Waals surface area contributed by atoms with Gasteiger partial charge in [0.15, 0.2) is 0 Å².